The number of benzene rings is 2. The van der Waals surface area contributed by atoms with Crippen molar-refractivity contribution in [2.45, 2.75) is 39.7 Å². The molecule has 0 aliphatic carbocycles. The molecule has 0 unspecified atom stereocenters. The van der Waals surface area contributed by atoms with Gasteiger partial charge in [0.1, 0.15) is 5.70 Å². The number of carbonyl (C=O) groups is 2. The van der Waals surface area contributed by atoms with Crippen LogP contribution in [0.2, 0.25) is 0 Å². The van der Waals surface area contributed by atoms with Crippen molar-refractivity contribution in [1.29, 1.82) is 0 Å². The molecule has 136 valence electrons. The molecule has 0 aliphatic rings. The van der Waals surface area contributed by atoms with Crippen LogP contribution >= 0.6 is 0 Å². The van der Waals surface area contributed by atoms with Gasteiger partial charge in [0.2, 0.25) is 0 Å². The van der Waals surface area contributed by atoms with Gasteiger partial charge >= 0.3 is 0 Å². The van der Waals surface area contributed by atoms with Gasteiger partial charge in [-0.1, -0.05) is 56.3 Å². The summed E-state index contributed by atoms with van der Waals surface area (Å²) in [5.74, 6) is -0.179. The Bertz CT molecular complexity index is 776. The molecule has 4 nitrogen and oxygen atoms in total. The van der Waals surface area contributed by atoms with Crippen molar-refractivity contribution in [2.75, 3.05) is 0 Å². The minimum absolute atomic E-state index is 0.0251. The Labute approximate surface area is 155 Å². The zero-order valence-corrected chi connectivity index (χ0v) is 15.7. The van der Waals surface area contributed by atoms with Crippen LogP contribution in [0.4, 0.5) is 0 Å². The van der Waals surface area contributed by atoms with Crippen LogP contribution in [0.25, 0.3) is 6.08 Å². The number of carbonyl (C=O) groups excluding carboxylic acids is 2. The average Bonchev–Trinajstić information content (AvgIpc) is 2.61. The van der Waals surface area contributed by atoms with E-state index >= 15 is 0 Å². The average molecular weight is 350 g/mol. The van der Waals surface area contributed by atoms with Gasteiger partial charge < -0.3 is 10.6 Å². The maximum atomic E-state index is 12.5. The molecule has 2 amide bonds. The Morgan fingerprint density at radius 2 is 1.50 bits per heavy atom. The van der Waals surface area contributed by atoms with Gasteiger partial charge in [-0.2, -0.15) is 0 Å². The second-order valence-electron chi connectivity index (χ2n) is 6.83. The molecule has 0 bridgehead atoms. The standard InChI is InChI=1S/C22H26N2O2/c1-15(2)18-12-10-17(11-13-18)14-20(22(26)23-16(3)4)24-21(25)19-8-6-5-7-9-19/h5-16H,1-4H3,(H,23,26)(H,24,25)/b20-14-. The minimum Gasteiger partial charge on any atom is -0.349 e. The third-order valence-electron chi connectivity index (χ3n) is 3.86. The lowest BCUT2D eigenvalue weighted by molar-refractivity contribution is -0.118. The number of nitrogens with one attached hydrogen (secondary N) is 2. The fourth-order valence-electron chi connectivity index (χ4n) is 2.43. The molecule has 0 atom stereocenters. The summed E-state index contributed by atoms with van der Waals surface area (Å²) in [5, 5.41) is 5.56. The number of amides is 2. The molecule has 0 heterocycles. The van der Waals surface area contributed by atoms with Crippen molar-refractivity contribution in [3.63, 3.8) is 0 Å². The smallest absolute Gasteiger partial charge is 0.268 e. The molecule has 2 aromatic carbocycles. The summed E-state index contributed by atoms with van der Waals surface area (Å²) in [6.45, 7) is 8.02. The lowest BCUT2D eigenvalue weighted by Gasteiger charge is -2.13. The van der Waals surface area contributed by atoms with E-state index in [4.69, 9.17) is 0 Å². The summed E-state index contributed by atoms with van der Waals surface area (Å²) in [6.07, 6.45) is 1.70. The first-order chi connectivity index (χ1) is 12.4. The summed E-state index contributed by atoms with van der Waals surface area (Å²) in [5.41, 5.74) is 2.82. The van der Waals surface area contributed by atoms with Crippen LogP contribution in [-0.4, -0.2) is 17.9 Å². The van der Waals surface area contributed by atoms with E-state index in [0.29, 0.717) is 11.5 Å². The lowest BCUT2D eigenvalue weighted by Crippen LogP contribution is -2.38. The monoisotopic (exact) mass is 350 g/mol. The minimum atomic E-state index is -0.311. The van der Waals surface area contributed by atoms with E-state index in [1.807, 2.05) is 44.2 Å². The Morgan fingerprint density at radius 1 is 0.885 bits per heavy atom. The molecule has 26 heavy (non-hydrogen) atoms. The highest BCUT2D eigenvalue weighted by Crippen LogP contribution is 2.16. The predicted octanol–water partition coefficient (Wildman–Crippen LogP) is 4.11. The summed E-state index contributed by atoms with van der Waals surface area (Å²) >= 11 is 0. The Balaban J connectivity index is 2.28. The van der Waals surface area contributed by atoms with Crippen LogP contribution in [0.15, 0.2) is 60.3 Å². The van der Waals surface area contributed by atoms with Crippen LogP contribution in [0.1, 0.15) is 55.1 Å². The van der Waals surface area contributed by atoms with Gasteiger partial charge in [-0.3, -0.25) is 9.59 Å². The molecule has 0 saturated carbocycles. The van der Waals surface area contributed by atoms with E-state index in [2.05, 4.69) is 24.5 Å². The van der Waals surface area contributed by atoms with E-state index in [1.54, 1.807) is 30.3 Å². The van der Waals surface area contributed by atoms with Gasteiger partial charge in [-0.25, -0.2) is 0 Å². The fourth-order valence-corrected chi connectivity index (χ4v) is 2.43. The molecular formula is C22H26N2O2. The topological polar surface area (TPSA) is 58.2 Å². The Hall–Kier alpha value is -2.88. The molecule has 0 aromatic heterocycles. The van der Waals surface area contributed by atoms with Crippen LogP contribution in [0.5, 0.6) is 0 Å². The molecule has 0 fully saturated rings. The van der Waals surface area contributed by atoms with E-state index in [0.717, 1.165) is 5.56 Å². The summed E-state index contributed by atoms with van der Waals surface area (Å²) < 4.78 is 0. The normalized spacial score (nSPS) is 11.5. The third kappa shape index (κ3) is 5.59. The van der Waals surface area contributed by atoms with Crippen LogP contribution in [0.3, 0.4) is 0 Å². The summed E-state index contributed by atoms with van der Waals surface area (Å²) in [7, 11) is 0. The first-order valence-corrected chi connectivity index (χ1v) is 8.85. The first-order valence-electron chi connectivity index (χ1n) is 8.85. The third-order valence-corrected chi connectivity index (χ3v) is 3.86. The molecule has 0 saturated heterocycles. The lowest BCUT2D eigenvalue weighted by atomic mass is 10.0. The van der Waals surface area contributed by atoms with Crippen molar-refractivity contribution >= 4 is 17.9 Å². The molecule has 0 aliphatic heterocycles. The van der Waals surface area contributed by atoms with Crippen molar-refractivity contribution in [2.24, 2.45) is 0 Å². The number of hydrogen-bond donors (Lipinski definition) is 2. The van der Waals surface area contributed by atoms with Crippen LogP contribution < -0.4 is 10.6 Å². The number of hydrogen-bond acceptors (Lipinski definition) is 2. The van der Waals surface area contributed by atoms with E-state index in [1.165, 1.54) is 5.56 Å². The quantitative estimate of drug-likeness (QED) is 0.771. The zero-order valence-electron chi connectivity index (χ0n) is 15.7. The van der Waals surface area contributed by atoms with Gasteiger partial charge in [0.15, 0.2) is 0 Å². The fraction of sp³-hybridized carbons (Fsp3) is 0.273. The predicted molar refractivity (Wildman–Crippen MR) is 106 cm³/mol. The second kappa shape index (κ2) is 8.99. The van der Waals surface area contributed by atoms with E-state index < -0.39 is 0 Å². The molecule has 0 spiro atoms. The van der Waals surface area contributed by atoms with Crippen molar-refractivity contribution in [3.05, 3.63) is 77.0 Å². The van der Waals surface area contributed by atoms with Gasteiger partial charge in [0.25, 0.3) is 11.8 Å². The highest BCUT2D eigenvalue weighted by molar-refractivity contribution is 6.05. The molecule has 2 rings (SSSR count). The molecule has 2 aromatic rings. The van der Waals surface area contributed by atoms with Gasteiger partial charge in [-0.05, 0) is 49.1 Å². The second-order valence-corrected chi connectivity index (χ2v) is 6.83. The van der Waals surface area contributed by atoms with Crippen LogP contribution in [0, 0.1) is 0 Å². The van der Waals surface area contributed by atoms with E-state index in [-0.39, 0.29) is 23.6 Å². The Kier molecular flexibility index (Phi) is 6.73. The van der Waals surface area contributed by atoms with E-state index in [9.17, 15) is 9.59 Å². The maximum Gasteiger partial charge on any atom is 0.268 e. The van der Waals surface area contributed by atoms with Gasteiger partial charge in [0.05, 0.1) is 0 Å². The molecule has 2 N–H and O–H groups in total. The van der Waals surface area contributed by atoms with Crippen LogP contribution in [-0.2, 0) is 4.79 Å². The SMILES string of the molecule is CC(C)NC(=O)/C(=C/c1ccc(C(C)C)cc1)NC(=O)c1ccccc1. The summed E-state index contributed by atoms with van der Waals surface area (Å²) in [4.78, 5) is 25.0. The molecule has 4 heteroatoms. The summed E-state index contributed by atoms with van der Waals surface area (Å²) in [6, 6.07) is 16.8. The highest BCUT2D eigenvalue weighted by Gasteiger charge is 2.15. The van der Waals surface area contributed by atoms with Crippen molar-refractivity contribution in [3.8, 4) is 0 Å². The Morgan fingerprint density at radius 3 is 2.04 bits per heavy atom. The van der Waals surface area contributed by atoms with Gasteiger partial charge in [0, 0.05) is 11.6 Å². The zero-order chi connectivity index (χ0) is 19.1. The first kappa shape index (κ1) is 19.4. The molecule has 0 radical (unpaired) electrons. The highest BCUT2D eigenvalue weighted by atomic mass is 16.2. The van der Waals surface area contributed by atoms with Crippen molar-refractivity contribution < 1.29 is 9.59 Å². The van der Waals surface area contributed by atoms with Crippen molar-refractivity contribution in [1.82, 2.24) is 10.6 Å². The number of rotatable bonds is 6. The molecular weight excluding hydrogens is 324 g/mol. The maximum absolute atomic E-state index is 12.5. The van der Waals surface area contributed by atoms with Gasteiger partial charge in [-0.15, -0.1) is 0 Å². The largest absolute Gasteiger partial charge is 0.349 e.